The summed E-state index contributed by atoms with van der Waals surface area (Å²) in [4.78, 5) is 25.0. The van der Waals surface area contributed by atoms with Crippen LogP contribution in [0.2, 0.25) is 0 Å². The fourth-order valence-electron chi connectivity index (χ4n) is 2.29. The van der Waals surface area contributed by atoms with Gasteiger partial charge in [-0.05, 0) is 36.8 Å². The molecule has 0 aromatic heterocycles. The van der Waals surface area contributed by atoms with E-state index in [0.717, 1.165) is 17.7 Å². The lowest BCUT2D eigenvalue weighted by atomic mass is 10.1. The predicted octanol–water partition coefficient (Wildman–Crippen LogP) is 2.49. The normalized spacial score (nSPS) is 11.7. The Morgan fingerprint density at radius 1 is 1.16 bits per heavy atom. The predicted molar refractivity (Wildman–Crippen MR) is 87.9 cm³/mol. The summed E-state index contributed by atoms with van der Waals surface area (Å²) >= 11 is 0. The Morgan fingerprint density at radius 3 is 2.52 bits per heavy atom. The quantitative estimate of drug-likeness (QED) is 0.872. The van der Waals surface area contributed by atoms with Crippen LogP contribution in [0.3, 0.4) is 0 Å². The van der Waals surface area contributed by atoms with E-state index >= 15 is 0 Å². The van der Waals surface area contributed by atoms with Crippen LogP contribution in [0.4, 0.5) is 8.78 Å². The maximum atomic E-state index is 13.2. The number of benzene rings is 2. The molecule has 2 amide bonds. The van der Waals surface area contributed by atoms with Crippen LogP contribution in [-0.4, -0.2) is 29.9 Å². The number of likely N-dealkylation sites (N-methyl/N-ethyl adjacent to an activating group) is 1. The number of hydrogen-bond donors (Lipinski definition) is 1. The van der Waals surface area contributed by atoms with Gasteiger partial charge in [-0.15, -0.1) is 0 Å². The molecule has 0 aliphatic heterocycles. The highest BCUT2D eigenvalue weighted by molar-refractivity contribution is 5.92. The first-order chi connectivity index (χ1) is 11.8. The number of primary amides is 1. The van der Waals surface area contributed by atoms with Crippen LogP contribution in [0.25, 0.3) is 0 Å². The molecule has 7 heteroatoms. The van der Waals surface area contributed by atoms with Crippen LogP contribution in [0, 0.1) is 11.6 Å². The van der Waals surface area contributed by atoms with E-state index in [-0.39, 0.29) is 18.2 Å². The average Bonchev–Trinajstić information content (AvgIpc) is 2.57. The molecule has 0 radical (unpaired) electrons. The highest BCUT2D eigenvalue weighted by Crippen LogP contribution is 2.17. The summed E-state index contributed by atoms with van der Waals surface area (Å²) in [5.74, 6) is -2.88. The van der Waals surface area contributed by atoms with Crippen LogP contribution in [0.5, 0.6) is 5.75 Å². The van der Waals surface area contributed by atoms with Crippen molar-refractivity contribution in [3.63, 3.8) is 0 Å². The Morgan fingerprint density at radius 2 is 1.88 bits per heavy atom. The Labute approximate surface area is 144 Å². The number of halogens is 2. The molecule has 0 aliphatic carbocycles. The summed E-state index contributed by atoms with van der Waals surface area (Å²) in [5, 5.41) is 0. The lowest BCUT2D eigenvalue weighted by Crippen LogP contribution is -2.37. The van der Waals surface area contributed by atoms with Gasteiger partial charge < -0.3 is 15.4 Å². The molecule has 0 fully saturated rings. The van der Waals surface area contributed by atoms with E-state index < -0.39 is 23.6 Å². The summed E-state index contributed by atoms with van der Waals surface area (Å²) in [6.07, 6.45) is -0.894. The lowest BCUT2D eigenvalue weighted by molar-refractivity contribution is -0.137. The number of rotatable bonds is 6. The summed E-state index contributed by atoms with van der Waals surface area (Å²) in [6, 6.07) is 9.69. The molecule has 2 aromatic carbocycles. The molecule has 0 aliphatic rings. The van der Waals surface area contributed by atoms with E-state index in [4.69, 9.17) is 10.5 Å². The number of carbonyl (C=O) groups is 2. The topological polar surface area (TPSA) is 72.6 Å². The Hall–Kier alpha value is -2.96. The van der Waals surface area contributed by atoms with Crippen LogP contribution in [-0.2, 0) is 11.3 Å². The Balaban J connectivity index is 2.02. The molecule has 5 nitrogen and oxygen atoms in total. The van der Waals surface area contributed by atoms with Crippen molar-refractivity contribution < 1.29 is 23.1 Å². The molecule has 0 heterocycles. The number of carbonyl (C=O) groups excluding carboxylic acids is 2. The van der Waals surface area contributed by atoms with Crippen LogP contribution in [0.15, 0.2) is 42.5 Å². The van der Waals surface area contributed by atoms with Crippen molar-refractivity contribution in [2.24, 2.45) is 5.73 Å². The van der Waals surface area contributed by atoms with E-state index in [2.05, 4.69) is 0 Å². The largest absolute Gasteiger partial charge is 0.481 e. The van der Waals surface area contributed by atoms with Gasteiger partial charge in [0.15, 0.2) is 17.7 Å². The zero-order valence-corrected chi connectivity index (χ0v) is 13.8. The van der Waals surface area contributed by atoms with Gasteiger partial charge in [-0.25, -0.2) is 8.78 Å². The van der Waals surface area contributed by atoms with Gasteiger partial charge in [-0.2, -0.15) is 0 Å². The third-order valence-electron chi connectivity index (χ3n) is 3.56. The number of nitrogens with zero attached hydrogens (tertiary/aromatic N) is 1. The molecular formula is C18H18F2N2O3. The summed E-state index contributed by atoms with van der Waals surface area (Å²) < 4.78 is 31.5. The average molecular weight is 348 g/mol. The molecule has 0 unspecified atom stereocenters. The molecule has 0 saturated heterocycles. The van der Waals surface area contributed by atoms with E-state index in [1.54, 1.807) is 31.3 Å². The third kappa shape index (κ3) is 4.76. The van der Waals surface area contributed by atoms with E-state index in [1.807, 2.05) is 0 Å². The fourth-order valence-corrected chi connectivity index (χ4v) is 2.29. The van der Waals surface area contributed by atoms with Crippen molar-refractivity contribution in [2.75, 3.05) is 7.05 Å². The van der Waals surface area contributed by atoms with Gasteiger partial charge in [0.2, 0.25) is 5.91 Å². The van der Waals surface area contributed by atoms with Crippen molar-refractivity contribution in [2.45, 2.75) is 19.6 Å². The second-order valence-corrected chi connectivity index (χ2v) is 5.59. The van der Waals surface area contributed by atoms with Crippen molar-refractivity contribution in [1.82, 2.24) is 4.90 Å². The summed E-state index contributed by atoms with van der Waals surface area (Å²) in [5.41, 5.74) is 6.31. The van der Waals surface area contributed by atoms with Gasteiger partial charge in [0.1, 0.15) is 5.75 Å². The van der Waals surface area contributed by atoms with Gasteiger partial charge in [0.25, 0.3) is 5.91 Å². The van der Waals surface area contributed by atoms with E-state index in [0.29, 0.717) is 5.56 Å². The maximum Gasteiger partial charge on any atom is 0.263 e. The Kier molecular flexibility index (Phi) is 5.69. The highest BCUT2D eigenvalue weighted by Gasteiger charge is 2.20. The van der Waals surface area contributed by atoms with Gasteiger partial charge in [-0.3, -0.25) is 9.59 Å². The van der Waals surface area contributed by atoms with Crippen LogP contribution in [0.1, 0.15) is 22.8 Å². The first-order valence-electron chi connectivity index (χ1n) is 7.53. The molecule has 0 saturated carbocycles. The minimum absolute atomic E-state index is 0.0591. The van der Waals surface area contributed by atoms with Crippen molar-refractivity contribution in [3.8, 4) is 5.75 Å². The molecular weight excluding hydrogens is 330 g/mol. The number of nitrogens with two attached hydrogens (primary N) is 1. The van der Waals surface area contributed by atoms with Crippen LogP contribution < -0.4 is 10.5 Å². The standard InChI is InChI=1S/C18H18F2N2O3/c1-11(25-14-6-7-15(19)16(20)9-14)18(24)22(2)10-12-4-3-5-13(8-12)17(21)23/h3-9,11H,10H2,1-2H3,(H2,21,23)/t11-/m0/s1. The maximum absolute atomic E-state index is 13.2. The van der Waals surface area contributed by atoms with Gasteiger partial charge >= 0.3 is 0 Å². The summed E-state index contributed by atoms with van der Waals surface area (Å²) in [7, 11) is 1.57. The van der Waals surface area contributed by atoms with Gasteiger partial charge in [-0.1, -0.05) is 12.1 Å². The second kappa shape index (κ2) is 7.74. The number of hydrogen-bond acceptors (Lipinski definition) is 3. The Bertz CT molecular complexity index is 796. The zero-order chi connectivity index (χ0) is 18.6. The molecule has 2 N–H and O–H groups in total. The van der Waals surface area contributed by atoms with E-state index in [1.165, 1.54) is 17.9 Å². The van der Waals surface area contributed by atoms with Gasteiger partial charge in [0, 0.05) is 25.2 Å². The molecule has 25 heavy (non-hydrogen) atoms. The number of ether oxygens (including phenoxy) is 1. The zero-order valence-electron chi connectivity index (χ0n) is 13.8. The second-order valence-electron chi connectivity index (χ2n) is 5.59. The van der Waals surface area contributed by atoms with Crippen molar-refractivity contribution in [1.29, 1.82) is 0 Å². The molecule has 0 bridgehead atoms. The smallest absolute Gasteiger partial charge is 0.263 e. The summed E-state index contributed by atoms with van der Waals surface area (Å²) in [6.45, 7) is 1.76. The van der Waals surface area contributed by atoms with Crippen molar-refractivity contribution >= 4 is 11.8 Å². The van der Waals surface area contributed by atoms with Crippen LogP contribution >= 0.6 is 0 Å². The number of amides is 2. The van der Waals surface area contributed by atoms with E-state index in [9.17, 15) is 18.4 Å². The minimum Gasteiger partial charge on any atom is -0.481 e. The molecule has 1 atom stereocenters. The van der Waals surface area contributed by atoms with Gasteiger partial charge in [0.05, 0.1) is 0 Å². The SMILES string of the molecule is C[C@H](Oc1ccc(F)c(F)c1)C(=O)N(C)Cc1cccc(C(N)=O)c1. The highest BCUT2D eigenvalue weighted by atomic mass is 19.2. The molecule has 0 spiro atoms. The van der Waals surface area contributed by atoms with Crippen molar-refractivity contribution in [3.05, 3.63) is 65.2 Å². The monoisotopic (exact) mass is 348 g/mol. The fraction of sp³-hybridized carbons (Fsp3) is 0.222. The molecule has 2 rings (SSSR count). The minimum atomic E-state index is -1.05. The third-order valence-corrected chi connectivity index (χ3v) is 3.56. The first kappa shape index (κ1) is 18.4. The first-order valence-corrected chi connectivity index (χ1v) is 7.53. The lowest BCUT2D eigenvalue weighted by Gasteiger charge is -2.22. The molecule has 132 valence electrons. The molecule has 2 aromatic rings.